The van der Waals surface area contributed by atoms with Gasteiger partial charge >= 0.3 is 0 Å². The molecule has 0 radical (unpaired) electrons. The van der Waals surface area contributed by atoms with Crippen LogP contribution < -0.4 is 10.6 Å². The van der Waals surface area contributed by atoms with Crippen LogP contribution >= 0.6 is 12.4 Å². The average Bonchev–Trinajstić information content (AvgIpc) is 3.10. The normalized spacial score (nSPS) is 16.8. The van der Waals surface area contributed by atoms with Crippen LogP contribution in [-0.4, -0.2) is 38.7 Å². The summed E-state index contributed by atoms with van der Waals surface area (Å²) >= 11 is 0. The fraction of sp³-hybridized carbons (Fsp3) is 0.529. The number of aromatic nitrogens is 4. The van der Waals surface area contributed by atoms with Crippen LogP contribution in [-0.2, 0) is 15.7 Å². The van der Waals surface area contributed by atoms with Crippen LogP contribution in [0.25, 0.3) is 0 Å². The van der Waals surface area contributed by atoms with E-state index in [-0.39, 0.29) is 23.7 Å². The number of halogens is 1. The van der Waals surface area contributed by atoms with Gasteiger partial charge in [0, 0.05) is 17.8 Å². The highest BCUT2D eigenvalue weighted by molar-refractivity contribution is 5.96. The summed E-state index contributed by atoms with van der Waals surface area (Å²) < 4.78 is 1.77. The zero-order valence-corrected chi connectivity index (χ0v) is 15.6. The Morgan fingerprint density at radius 1 is 1.24 bits per heavy atom. The van der Waals surface area contributed by atoms with Crippen molar-refractivity contribution in [2.75, 3.05) is 18.4 Å². The van der Waals surface area contributed by atoms with Gasteiger partial charge in [-0.25, -0.2) is 9.97 Å². The van der Waals surface area contributed by atoms with Crippen LogP contribution in [0.1, 0.15) is 39.4 Å². The fourth-order valence-corrected chi connectivity index (χ4v) is 2.95. The maximum absolute atomic E-state index is 13.0. The van der Waals surface area contributed by atoms with Crippen molar-refractivity contribution in [3.05, 3.63) is 36.7 Å². The van der Waals surface area contributed by atoms with E-state index in [9.17, 15) is 4.79 Å². The molecule has 0 saturated carbocycles. The molecule has 3 rings (SSSR count). The number of carbonyl (C=O) groups excluding carboxylic acids is 1. The van der Waals surface area contributed by atoms with Crippen molar-refractivity contribution in [1.82, 2.24) is 25.1 Å². The first kappa shape index (κ1) is 19.3. The van der Waals surface area contributed by atoms with Crippen LogP contribution in [0.3, 0.4) is 0 Å². The zero-order chi connectivity index (χ0) is 17.2. The molecule has 2 aromatic heterocycles. The van der Waals surface area contributed by atoms with Gasteiger partial charge in [0.2, 0.25) is 0 Å². The lowest BCUT2D eigenvalue weighted by atomic mass is 9.87. The average molecular weight is 365 g/mol. The monoisotopic (exact) mass is 364 g/mol. The summed E-state index contributed by atoms with van der Waals surface area (Å²) in [6.45, 7) is 7.74. The van der Waals surface area contributed by atoms with E-state index in [0.717, 1.165) is 18.9 Å². The Morgan fingerprint density at radius 3 is 2.40 bits per heavy atom. The molecule has 8 heteroatoms. The second kappa shape index (κ2) is 7.49. The van der Waals surface area contributed by atoms with E-state index in [1.807, 2.05) is 12.3 Å². The van der Waals surface area contributed by atoms with Gasteiger partial charge in [0.25, 0.3) is 5.91 Å². The number of rotatable bonds is 3. The second-order valence-electron chi connectivity index (χ2n) is 7.23. The number of amides is 1. The highest BCUT2D eigenvalue weighted by atomic mass is 35.5. The van der Waals surface area contributed by atoms with E-state index in [0.29, 0.717) is 18.5 Å². The summed E-state index contributed by atoms with van der Waals surface area (Å²) in [6.07, 6.45) is 8.29. The molecule has 25 heavy (non-hydrogen) atoms. The molecule has 1 amide bonds. The van der Waals surface area contributed by atoms with Gasteiger partial charge < -0.3 is 10.6 Å². The number of carbonyl (C=O) groups is 1. The van der Waals surface area contributed by atoms with Gasteiger partial charge in [0.05, 0.1) is 18.1 Å². The molecular weight excluding hydrogens is 340 g/mol. The molecule has 136 valence electrons. The van der Waals surface area contributed by atoms with Crippen LogP contribution in [0, 0.1) is 0 Å². The van der Waals surface area contributed by atoms with E-state index in [1.54, 1.807) is 23.3 Å². The van der Waals surface area contributed by atoms with Crippen molar-refractivity contribution in [2.24, 2.45) is 0 Å². The maximum atomic E-state index is 13.0. The Balaban J connectivity index is 0.00000225. The summed E-state index contributed by atoms with van der Waals surface area (Å²) in [6, 6.07) is 1.85. The molecule has 0 aliphatic carbocycles. The first-order valence-corrected chi connectivity index (χ1v) is 8.27. The van der Waals surface area contributed by atoms with Gasteiger partial charge in [-0.05, 0) is 32.0 Å². The van der Waals surface area contributed by atoms with Gasteiger partial charge in [-0.2, -0.15) is 5.10 Å². The molecule has 0 spiro atoms. The van der Waals surface area contributed by atoms with Crippen LogP contribution in [0.15, 0.2) is 30.9 Å². The molecule has 1 aliphatic heterocycles. The maximum Gasteiger partial charge on any atom is 0.252 e. The molecule has 0 aromatic carbocycles. The third kappa shape index (κ3) is 3.99. The SMILES string of the molecule is CC(C)(C)c1ncc(NC(=O)C2(n3cccn3)CCNCC2)cn1.Cl. The van der Waals surface area contributed by atoms with Crippen molar-refractivity contribution in [3.63, 3.8) is 0 Å². The van der Waals surface area contributed by atoms with Gasteiger partial charge in [-0.15, -0.1) is 12.4 Å². The summed E-state index contributed by atoms with van der Waals surface area (Å²) in [5, 5.41) is 10.6. The number of piperidine rings is 1. The second-order valence-corrected chi connectivity index (χ2v) is 7.23. The first-order chi connectivity index (χ1) is 11.4. The first-order valence-electron chi connectivity index (χ1n) is 8.27. The third-order valence-corrected chi connectivity index (χ3v) is 4.38. The van der Waals surface area contributed by atoms with Gasteiger partial charge in [0.1, 0.15) is 11.4 Å². The van der Waals surface area contributed by atoms with Crippen LogP contribution in [0.5, 0.6) is 0 Å². The molecule has 1 saturated heterocycles. The summed E-state index contributed by atoms with van der Waals surface area (Å²) in [4.78, 5) is 21.8. The van der Waals surface area contributed by atoms with Gasteiger partial charge in [0.15, 0.2) is 0 Å². The van der Waals surface area contributed by atoms with Crippen LogP contribution in [0.2, 0.25) is 0 Å². The minimum absolute atomic E-state index is 0. The molecular formula is C17H25ClN6O. The smallest absolute Gasteiger partial charge is 0.252 e. The van der Waals surface area contributed by atoms with E-state index < -0.39 is 5.54 Å². The Bertz CT molecular complexity index is 687. The number of anilines is 1. The molecule has 2 aromatic rings. The molecule has 0 unspecified atom stereocenters. The lowest BCUT2D eigenvalue weighted by Crippen LogP contribution is -2.52. The molecule has 7 nitrogen and oxygen atoms in total. The number of hydrogen-bond acceptors (Lipinski definition) is 5. The highest BCUT2D eigenvalue weighted by Gasteiger charge is 2.42. The topological polar surface area (TPSA) is 84.7 Å². The van der Waals surface area contributed by atoms with Crippen molar-refractivity contribution in [2.45, 2.75) is 44.6 Å². The molecule has 1 fully saturated rings. The molecule has 0 bridgehead atoms. The Hall–Kier alpha value is -1.99. The van der Waals surface area contributed by atoms with Crippen molar-refractivity contribution in [3.8, 4) is 0 Å². The van der Waals surface area contributed by atoms with E-state index in [4.69, 9.17) is 0 Å². The highest BCUT2D eigenvalue weighted by Crippen LogP contribution is 2.28. The fourth-order valence-electron chi connectivity index (χ4n) is 2.95. The molecule has 2 N–H and O–H groups in total. The largest absolute Gasteiger partial charge is 0.321 e. The predicted molar refractivity (Wildman–Crippen MR) is 98.9 cm³/mol. The van der Waals surface area contributed by atoms with E-state index in [2.05, 4.69) is 46.5 Å². The van der Waals surface area contributed by atoms with E-state index >= 15 is 0 Å². The van der Waals surface area contributed by atoms with Crippen molar-refractivity contribution >= 4 is 24.0 Å². The molecule has 1 aliphatic rings. The van der Waals surface area contributed by atoms with Crippen molar-refractivity contribution < 1.29 is 4.79 Å². The minimum atomic E-state index is -0.669. The van der Waals surface area contributed by atoms with Crippen LogP contribution in [0.4, 0.5) is 5.69 Å². The molecule has 3 heterocycles. The Morgan fingerprint density at radius 2 is 1.88 bits per heavy atom. The summed E-state index contributed by atoms with van der Waals surface area (Å²) in [5.41, 5.74) is -0.177. The number of hydrogen-bond donors (Lipinski definition) is 2. The third-order valence-electron chi connectivity index (χ3n) is 4.38. The Labute approximate surface area is 154 Å². The predicted octanol–water partition coefficient (Wildman–Crippen LogP) is 2.11. The number of nitrogens with one attached hydrogen (secondary N) is 2. The van der Waals surface area contributed by atoms with E-state index in [1.165, 1.54) is 0 Å². The lowest BCUT2D eigenvalue weighted by molar-refractivity contribution is -0.126. The lowest BCUT2D eigenvalue weighted by Gasteiger charge is -2.36. The number of nitrogens with zero attached hydrogens (tertiary/aromatic N) is 4. The zero-order valence-electron chi connectivity index (χ0n) is 14.8. The summed E-state index contributed by atoms with van der Waals surface area (Å²) in [7, 11) is 0. The minimum Gasteiger partial charge on any atom is -0.321 e. The van der Waals surface area contributed by atoms with Gasteiger partial charge in [-0.1, -0.05) is 20.8 Å². The standard InChI is InChI=1S/C17H24N6O.ClH/c1-16(2,3)14-19-11-13(12-20-14)22-15(24)17(5-8-18-9-6-17)23-10-4-7-21-23;/h4,7,10-12,18H,5-6,8-9H2,1-3H3,(H,22,24);1H. The van der Waals surface area contributed by atoms with Crippen molar-refractivity contribution in [1.29, 1.82) is 0 Å². The Kier molecular flexibility index (Phi) is 5.80. The molecule has 0 atom stereocenters. The summed E-state index contributed by atoms with van der Waals surface area (Å²) in [5.74, 6) is 0.684. The quantitative estimate of drug-likeness (QED) is 0.871. The van der Waals surface area contributed by atoms with Gasteiger partial charge in [-0.3, -0.25) is 9.48 Å².